The van der Waals surface area contributed by atoms with Gasteiger partial charge in [0.2, 0.25) is 5.78 Å². The van der Waals surface area contributed by atoms with E-state index in [1.807, 2.05) is 0 Å². The van der Waals surface area contributed by atoms with Gasteiger partial charge in [-0.05, 0) is 65.7 Å². The van der Waals surface area contributed by atoms with Crippen LogP contribution in [0, 0.1) is 0 Å². The maximum atomic E-state index is 13.2. The van der Waals surface area contributed by atoms with Crippen LogP contribution in [-0.4, -0.2) is 29.1 Å². The standard InChI is InChI=1S/C25H18O6/c1-30-20-12-6-16(7-13-20)22-21(14-15-2-8-18(26)9-3-15)31-25(29)23(22)24(28)17-4-10-19(27)11-5-17/h2-14,26-27H,1H3/b21-14-. The maximum Gasteiger partial charge on any atom is 0.348 e. The number of aromatic hydroxyl groups is 2. The Hall–Kier alpha value is -4.32. The number of ether oxygens (including phenoxy) is 2. The number of methoxy groups -OCH3 is 1. The lowest BCUT2D eigenvalue weighted by Gasteiger charge is -2.08. The molecule has 3 aromatic rings. The molecule has 0 bridgehead atoms. The summed E-state index contributed by atoms with van der Waals surface area (Å²) in [5, 5.41) is 19.0. The highest BCUT2D eigenvalue weighted by atomic mass is 16.5. The Morgan fingerprint density at radius 2 is 1.45 bits per heavy atom. The topological polar surface area (TPSA) is 93.1 Å². The van der Waals surface area contributed by atoms with E-state index in [0.717, 1.165) is 0 Å². The smallest absolute Gasteiger partial charge is 0.348 e. The van der Waals surface area contributed by atoms with Crippen LogP contribution in [0.5, 0.6) is 17.2 Å². The zero-order valence-electron chi connectivity index (χ0n) is 16.5. The first-order chi connectivity index (χ1) is 15.0. The molecular formula is C25H18O6. The lowest BCUT2D eigenvalue weighted by atomic mass is 9.93. The molecule has 0 aromatic heterocycles. The van der Waals surface area contributed by atoms with E-state index in [1.165, 1.54) is 36.4 Å². The number of esters is 1. The van der Waals surface area contributed by atoms with Gasteiger partial charge < -0.3 is 19.7 Å². The Bertz CT molecular complexity index is 1200. The molecule has 1 aliphatic rings. The van der Waals surface area contributed by atoms with E-state index < -0.39 is 11.8 Å². The molecule has 1 heterocycles. The summed E-state index contributed by atoms with van der Waals surface area (Å²) >= 11 is 0. The maximum absolute atomic E-state index is 13.2. The first kappa shape index (κ1) is 20.0. The van der Waals surface area contributed by atoms with Gasteiger partial charge >= 0.3 is 5.97 Å². The number of allylic oxidation sites excluding steroid dienone is 1. The van der Waals surface area contributed by atoms with Crippen molar-refractivity contribution in [2.24, 2.45) is 0 Å². The molecule has 0 unspecified atom stereocenters. The van der Waals surface area contributed by atoms with E-state index in [-0.39, 0.29) is 28.4 Å². The molecule has 6 nitrogen and oxygen atoms in total. The summed E-state index contributed by atoms with van der Waals surface area (Å²) in [4.78, 5) is 26.0. The molecule has 6 heteroatoms. The fraction of sp³-hybridized carbons (Fsp3) is 0.0400. The molecule has 0 atom stereocenters. The van der Waals surface area contributed by atoms with Crippen LogP contribution < -0.4 is 4.74 Å². The Balaban J connectivity index is 1.87. The number of hydrogen-bond acceptors (Lipinski definition) is 6. The van der Waals surface area contributed by atoms with Crippen molar-refractivity contribution in [3.8, 4) is 17.2 Å². The summed E-state index contributed by atoms with van der Waals surface area (Å²) in [6.45, 7) is 0. The first-order valence-corrected chi connectivity index (χ1v) is 9.42. The van der Waals surface area contributed by atoms with Crippen LogP contribution in [0.1, 0.15) is 21.5 Å². The van der Waals surface area contributed by atoms with E-state index in [0.29, 0.717) is 22.4 Å². The largest absolute Gasteiger partial charge is 0.508 e. The molecule has 31 heavy (non-hydrogen) atoms. The zero-order chi connectivity index (χ0) is 22.0. The minimum atomic E-state index is -0.756. The van der Waals surface area contributed by atoms with Gasteiger partial charge in [-0.1, -0.05) is 24.3 Å². The molecule has 1 aliphatic heterocycles. The van der Waals surface area contributed by atoms with Crippen molar-refractivity contribution in [2.45, 2.75) is 0 Å². The van der Waals surface area contributed by atoms with Gasteiger partial charge in [-0.2, -0.15) is 0 Å². The van der Waals surface area contributed by atoms with Crippen molar-refractivity contribution in [1.29, 1.82) is 0 Å². The molecular weight excluding hydrogens is 396 g/mol. The molecule has 0 saturated carbocycles. The highest BCUT2D eigenvalue weighted by Crippen LogP contribution is 2.38. The lowest BCUT2D eigenvalue weighted by molar-refractivity contribution is -0.132. The number of phenols is 2. The van der Waals surface area contributed by atoms with Gasteiger partial charge in [-0.25, -0.2) is 4.79 Å². The first-order valence-electron chi connectivity index (χ1n) is 9.42. The highest BCUT2D eigenvalue weighted by molar-refractivity contribution is 6.32. The van der Waals surface area contributed by atoms with Gasteiger partial charge in [0.25, 0.3) is 0 Å². The monoisotopic (exact) mass is 414 g/mol. The molecule has 0 aliphatic carbocycles. The Kier molecular flexibility index (Phi) is 5.28. The van der Waals surface area contributed by atoms with Crippen LogP contribution >= 0.6 is 0 Å². The number of carbonyl (C=O) groups is 2. The van der Waals surface area contributed by atoms with E-state index in [2.05, 4.69) is 0 Å². The molecule has 154 valence electrons. The van der Waals surface area contributed by atoms with Crippen molar-refractivity contribution in [3.63, 3.8) is 0 Å². The van der Waals surface area contributed by atoms with Crippen LogP contribution in [0.3, 0.4) is 0 Å². The number of benzene rings is 3. The average molecular weight is 414 g/mol. The Labute approximate surface area is 178 Å². The third-order valence-electron chi connectivity index (χ3n) is 4.83. The van der Waals surface area contributed by atoms with Crippen LogP contribution in [0.25, 0.3) is 11.6 Å². The summed E-state index contributed by atoms with van der Waals surface area (Å²) in [5.41, 5.74) is 1.81. The second-order valence-electron chi connectivity index (χ2n) is 6.84. The van der Waals surface area contributed by atoms with E-state index in [1.54, 1.807) is 49.6 Å². The second-order valence-corrected chi connectivity index (χ2v) is 6.84. The van der Waals surface area contributed by atoms with Crippen molar-refractivity contribution in [1.82, 2.24) is 0 Å². The second kappa shape index (κ2) is 8.20. The molecule has 0 amide bonds. The SMILES string of the molecule is COc1ccc(C2=C(C(=O)c3ccc(O)cc3)C(=O)O/C2=C\c2ccc(O)cc2)cc1. The average Bonchev–Trinajstić information content (AvgIpc) is 3.11. The molecule has 0 radical (unpaired) electrons. The predicted octanol–water partition coefficient (Wildman–Crippen LogP) is 4.34. The van der Waals surface area contributed by atoms with Gasteiger partial charge in [0.1, 0.15) is 28.6 Å². The molecule has 2 N–H and O–H groups in total. The molecule has 0 fully saturated rings. The minimum Gasteiger partial charge on any atom is -0.508 e. The van der Waals surface area contributed by atoms with Crippen LogP contribution in [0.2, 0.25) is 0 Å². The fourth-order valence-corrected chi connectivity index (χ4v) is 3.26. The van der Waals surface area contributed by atoms with Crippen LogP contribution in [0.15, 0.2) is 84.1 Å². The number of ketones is 1. The van der Waals surface area contributed by atoms with Crippen LogP contribution in [0.4, 0.5) is 0 Å². The number of carbonyl (C=O) groups excluding carboxylic acids is 2. The quantitative estimate of drug-likeness (QED) is 0.367. The van der Waals surface area contributed by atoms with E-state index in [4.69, 9.17) is 9.47 Å². The summed E-state index contributed by atoms with van der Waals surface area (Å²) in [7, 11) is 1.55. The van der Waals surface area contributed by atoms with Gasteiger partial charge in [0, 0.05) is 11.1 Å². The number of phenolic OH excluding ortho intramolecular Hbond substituents is 2. The number of rotatable bonds is 5. The van der Waals surface area contributed by atoms with E-state index >= 15 is 0 Å². The third kappa shape index (κ3) is 4.04. The minimum absolute atomic E-state index is 0.0165. The highest BCUT2D eigenvalue weighted by Gasteiger charge is 2.36. The predicted molar refractivity (Wildman–Crippen MR) is 115 cm³/mol. The van der Waals surface area contributed by atoms with Crippen molar-refractivity contribution in [3.05, 3.63) is 101 Å². The normalized spacial score (nSPS) is 14.6. The number of hydrogen-bond donors (Lipinski definition) is 2. The van der Waals surface area contributed by atoms with Crippen molar-refractivity contribution < 1.29 is 29.3 Å². The number of Topliss-reactive ketones (excluding diaryl/α,β-unsaturated/α-hetero) is 1. The Morgan fingerprint density at radius 1 is 0.871 bits per heavy atom. The molecule has 3 aromatic carbocycles. The van der Waals surface area contributed by atoms with Crippen molar-refractivity contribution >= 4 is 23.4 Å². The third-order valence-corrected chi connectivity index (χ3v) is 4.83. The van der Waals surface area contributed by atoms with Gasteiger partial charge in [0.05, 0.1) is 7.11 Å². The lowest BCUT2D eigenvalue weighted by Crippen LogP contribution is -2.11. The number of cyclic esters (lactones) is 1. The molecule has 0 saturated heterocycles. The molecule has 4 rings (SSSR count). The molecule has 0 spiro atoms. The van der Waals surface area contributed by atoms with Crippen molar-refractivity contribution in [2.75, 3.05) is 7.11 Å². The fourth-order valence-electron chi connectivity index (χ4n) is 3.26. The van der Waals surface area contributed by atoms with Gasteiger partial charge in [-0.15, -0.1) is 0 Å². The Morgan fingerprint density at radius 3 is 2.03 bits per heavy atom. The zero-order valence-corrected chi connectivity index (χ0v) is 16.5. The summed E-state index contributed by atoms with van der Waals surface area (Å²) in [6.07, 6.45) is 1.63. The summed E-state index contributed by atoms with van der Waals surface area (Å²) in [5.74, 6) is -0.283. The van der Waals surface area contributed by atoms with Crippen LogP contribution in [-0.2, 0) is 9.53 Å². The van der Waals surface area contributed by atoms with Gasteiger partial charge in [-0.3, -0.25) is 4.79 Å². The van der Waals surface area contributed by atoms with E-state index in [9.17, 15) is 19.8 Å². The van der Waals surface area contributed by atoms with Gasteiger partial charge in [0.15, 0.2) is 0 Å². The summed E-state index contributed by atoms with van der Waals surface area (Å²) < 4.78 is 10.7. The summed E-state index contributed by atoms with van der Waals surface area (Å²) in [6, 6.07) is 19.0.